The van der Waals surface area contributed by atoms with E-state index in [1.165, 1.54) is 0 Å². The number of H-pyrrole nitrogens is 2. The Morgan fingerprint density at radius 1 is 0.627 bits per heavy atom. The molecule has 246 valence electrons. The fraction of sp³-hybridized carbons (Fsp3) is 0.0444. The molecule has 3 aromatic heterocycles. The predicted molar refractivity (Wildman–Crippen MR) is 211 cm³/mol. The molecule has 0 radical (unpaired) electrons. The molecule has 0 saturated carbocycles. The van der Waals surface area contributed by atoms with E-state index in [-0.39, 0.29) is 5.97 Å². The summed E-state index contributed by atoms with van der Waals surface area (Å²) in [5.41, 5.74) is 14.9. The van der Waals surface area contributed by atoms with E-state index in [0.717, 1.165) is 89.4 Å². The molecule has 2 aliphatic heterocycles. The quantitative estimate of drug-likeness (QED) is 0.166. The van der Waals surface area contributed by atoms with Crippen LogP contribution in [0.5, 0.6) is 0 Å². The summed E-state index contributed by atoms with van der Waals surface area (Å²) in [6, 6.07) is 34.4. The normalized spacial score (nSPS) is 11.8. The van der Waals surface area contributed by atoms with Crippen LogP contribution in [0.25, 0.3) is 91.9 Å². The van der Waals surface area contributed by atoms with E-state index >= 15 is 0 Å². The molecule has 5 heterocycles. The predicted octanol–water partition coefficient (Wildman–Crippen LogP) is 11.1. The van der Waals surface area contributed by atoms with E-state index < -0.39 is 0 Å². The van der Waals surface area contributed by atoms with Crippen molar-refractivity contribution < 1.29 is 9.53 Å². The van der Waals surface area contributed by atoms with Crippen molar-refractivity contribution in [3.8, 4) is 33.4 Å². The highest BCUT2D eigenvalue weighted by molar-refractivity contribution is 5.99. The van der Waals surface area contributed by atoms with Crippen LogP contribution in [0.15, 0.2) is 116 Å². The van der Waals surface area contributed by atoms with Gasteiger partial charge >= 0.3 is 5.97 Å². The summed E-state index contributed by atoms with van der Waals surface area (Å²) < 4.78 is 5.37. The Labute approximate surface area is 295 Å². The van der Waals surface area contributed by atoms with Gasteiger partial charge in [0.1, 0.15) is 0 Å². The van der Waals surface area contributed by atoms with Crippen molar-refractivity contribution in [1.29, 1.82) is 0 Å². The molecule has 2 aliphatic rings. The average Bonchev–Trinajstić information content (AvgIpc) is 4.00. The molecular formula is C45H34N4O2. The van der Waals surface area contributed by atoms with Crippen molar-refractivity contribution in [2.45, 2.75) is 6.92 Å². The summed E-state index contributed by atoms with van der Waals surface area (Å²) in [7, 11) is 0. The molecule has 2 N–H and O–H groups in total. The van der Waals surface area contributed by atoms with Gasteiger partial charge < -0.3 is 14.7 Å². The largest absolute Gasteiger partial charge is 0.462 e. The van der Waals surface area contributed by atoms with Gasteiger partial charge in [0.2, 0.25) is 0 Å². The van der Waals surface area contributed by atoms with Gasteiger partial charge in [-0.3, -0.25) is 0 Å². The van der Waals surface area contributed by atoms with Crippen molar-refractivity contribution in [2.75, 3.05) is 6.61 Å². The summed E-state index contributed by atoms with van der Waals surface area (Å²) in [5, 5.41) is 0. The molecule has 0 amide bonds. The van der Waals surface area contributed by atoms with Gasteiger partial charge in [0.25, 0.3) is 0 Å². The minimum absolute atomic E-state index is 0.292. The standard InChI is InChI=1S/C45H34N4O2/c1-4-28-10-7-12-30(24-28)42-36-18-16-34(46-36)27-35-17-19-37(47-35)43(31-13-8-11-29(5-2)25-31)39-21-23-41(49-39)44(40-22-20-38(42)48-40)32-14-9-15-33(26-32)45(50)51-6-3/h4-5,7-27,46,49H,1-2,6H2,3H3. The first-order chi connectivity index (χ1) is 25.0. The van der Waals surface area contributed by atoms with Gasteiger partial charge in [-0.1, -0.05) is 73.8 Å². The summed E-state index contributed by atoms with van der Waals surface area (Å²) in [4.78, 5) is 30.7. The molecule has 0 spiro atoms. The number of benzene rings is 3. The first-order valence-electron chi connectivity index (χ1n) is 16.9. The molecule has 0 unspecified atom stereocenters. The van der Waals surface area contributed by atoms with E-state index in [2.05, 4.69) is 89.9 Å². The topological polar surface area (TPSA) is 83.7 Å². The fourth-order valence-corrected chi connectivity index (χ4v) is 6.71. The maximum absolute atomic E-state index is 12.9. The maximum Gasteiger partial charge on any atom is 0.338 e. The van der Waals surface area contributed by atoms with E-state index in [9.17, 15) is 4.79 Å². The van der Waals surface area contributed by atoms with Crippen LogP contribution in [0.2, 0.25) is 0 Å². The third kappa shape index (κ3) is 6.04. The molecule has 0 atom stereocenters. The number of carbonyl (C=O) groups is 1. The fourth-order valence-electron chi connectivity index (χ4n) is 6.71. The minimum Gasteiger partial charge on any atom is -0.462 e. The average molecular weight is 663 g/mol. The number of hydrogen-bond acceptors (Lipinski definition) is 4. The van der Waals surface area contributed by atoms with Crippen LogP contribution in [0.1, 0.15) is 51.2 Å². The Balaban J connectivity index is 1.51. The lowest BCUT2D eigenvalue weighted by molar-refractivity contribution is 0.0526. The van der Waals surface area contributed by atoms with Crippen molar-refractivity contribution in [3.63, 3.8) is 0 Å². The second-order valence-corrected chi connectivity index (χ2v) is 12.3. The molecule has 8 rings (SSSR count). The van der Waals surface area contributed by atoms with Gasteiger partial charge in [0, 0.05) is 38.8 Å². The zero-order chi connectivity index (χ0) is 34.9. The second-order valence-electron chi connectivity index (χ2n) is 12.3. The number of nitrogens with zero attached hydrogens (tertiary/aromatic N) is 2. The van der Waals surface area contributed by atoms with Gasteiger partial charge in [-0.15, -0.1) is 0 Å². The molecule has 8 bridgehead atoms. The summed E-state index contributed by atoms with van der Waals surface area (Å²) in [6.07, 6.45) is 11.9. The second kappa shape index (κ2) is 13.3. The van der Waals surface area contributed by atoms with Gasteiger partial charge in [0.05, 0.1) is 34.9 Å². The zero-order valence-corrected chi connectivity index (χ0v) is 28.1. The van der Waals surface area contributed by atoms with E-state index in [1.807, 2.05) is 73.7 Å². The molecular weight excluding hydrogens is 629 g/mol. The van der Waals surface area contributed by atoms with Crippen LogP contribution in [0, 0.1) is 0 Å². The Morgan fingerprint density at radius 3 is 1.76 bits per heavy atom. The van der Waals surface area contributed by atoms with E-state index in [0.29, 0.717) is 12.2 Å². The number of carbonyl (C=O) groups excluding carboxylic acids is 1. The first kappa shape index (κ1) is 31.5. The Kier molecular flexibility index (Phi) is 8.18. The molecule has 0 saturated heterocycles. The van der Waals surface area contributed by atoms with Crippen molar-refractivity contribution in [2.24, 2.45) is 0 Å². The van der Waals surface area contributed by atoms with Gasteiger partial charge in [-0.2, -0.15) is 0 Å². The number of rotatable bonds is 7. The van der Waals surface area contributed by atoms with Crippen LogP contribution >= 0.6 is 0 Å². The highest BCUT2D eigenvalue weighted by atomic mass is 16.5. The number of aromatic nitrogens is 4. The van der Waals surface area contributed by atoms with Gasteiger partial charge in [-0.25, -0.2) is 14.8 Å². The lowest BCUT2D eigenvalue weighted by atomic mass is 10.0. The number of nitrogens with one attached hydrogen (secondary N) is 2. The van der Waals surface area contributed by atoms with Gasteiger partial charge in [-0.05, 0) is 114 Å². The summed E-state index contributed by atoms with van der Waals surface area (Å²) >= 11 is 0. The highest BCUT2D eigenvalue weighted by Crippen LogP contribution is 2.37. The number of aromatic amines is 2. The molecule has 0 aliphatic carbocycles. The van der Waals surface area contributed by atoms with Crippen molar-refractivity contribution in [3.05, 3.63) is 156 Å². The van der Waals surface area contributed by atoms with Crippen LogP contribution < -0.4 is 0 Å². The Hall–Kier alpha value is -6.79. The van der Waals surface area contributed by atoms with Crippen LogP contribution in [0.4, 0.5) is 0 Å². The number of fused-ring (bicyclic) bond motifs is 8. The molecule has 51 heavy (non-hydrogen) atoms. The third-order valence-corrected chi connectivity index (χ3v) is 9.06. The number of hydrogen-bond donors (Lipinski definition) is 2. The van der Waals surface area contributed by atoms with E-state index in [1.54, 1.807) is 6.07 Å². The van der Waals surface area contributed by atoms with Crippen LogP contribution in [0.3, 0.4) is 0 Å². The van der Waals surface area contributed by atoms with Crippen LogP contribution in [-0.2, 0) is 4.74 Å². The maximum atomic E-state index is 12.9. The smallest absolute Gasteiger partial charge is 0.338 e. The molecule has 6 nitrogen and oxygen atoms in total. The highest BCUT2D eigenvalue weighted by Gasteiger charge is 2.18. The third-order valence-electron chi connectivity index (χ3n) is 9.06. The van der Waals surface area contributed by atoms with Gasteiger partial charge in [0.15, 0.2) is 0 Å². The Morgan fingerprint density at radius 2 is 1.16 bits per heavy atom. The lowest BCUT2D eigenvalue weighted by Crippen LogP contribution is -2.04. The molecule has 0 fully saturated rings. The van der Waals surface area contributed by atoms with Crippen molar-refractivity contribution >= 4 is 64.5 Å². The number of ether oxygens (including phenoxy) is 1. The molecule has 6 aromatic rings. The summed E-state index contributed by atoms with van der Waals surface area (Å²) in [5.74, 6) is -0.371. The van der Waals surface area contributed by atoms with E-state index in [4.69, 9.17) is 14.7 Å². The zero-order valence-electron chi connectivity index (χ0n) is 28.1. The number of esters is 1. The monoisotopic (exact) mass is 662 g/mol. The molecule has 6 heteroatoms. The molecule has 3 aromatic carbocycles. The first-order valence-corrected chi connectivity index (χ1v) is 16.9. The summed E-state index contributed by atoms with van der Waals surface area (Å²) in [6.45, 7) is 10.1. The van der Waals surface area contributed by atoms with Crippen LogP contribution in [-0.4, -0.2) is 32.5 Å². The SMILES string of the molecule is C=Cc1cccc(-c2c3nc(c(-c4cccc(C(=O)OCC)c4)c4ccc([nH]4)c(-c4cccc(C=C)c4)c4nc(cc5ccc2[nH]5)C=C4)C=C3)c1. The minimum atomic E-state index is -0.371. The lowest BCUT2D eigenvalue weighted by Gasteiger charge is -2.08. The van der Waals surface area contributed by atoms with Crippen molar-refractivity contribution in [1.82, 2.24) is 19.9 Å². The Bertz CT molecular complexity index is 2570.